The first-order chi connectivity index (χ1) is 9.07. The summed E-state index contributed by atoms with van der Waals surface area (Å²) >= 11 is 0. The third-order valence-electron chi connectivity index (χ3n) is 3.81. The number of sulfonamides is 1. The van der Waals surface area contributed by atoms with Crippen LogP contribution in [0.5, 0.6) is 0 Å². The SMILES string of the molecule is CS(=O)(=O)N1CCCC1c1cccc2ccccc12. The molecule has 2 aromatic rings. The van der Waals surface area contributed by atoms with Gasteiger partial charge in [-0.1, -0.05) is 42.5 Å². The molecule has 0 spiro atoms. The first-order valence-electron chi connectivity index (χ1n) is 6.52. The van der Waals surface area contributed by atoms with E-state index in [0.29, 0.717) is 6.54 Å². The zero-order valence-electron chi connectivity index (χ0n) is 10.9. The van der Waals surface area contributed by atoms with E-state index in [0.717, 1.165) is 23.8 Å². The number of benzene rings is 2. The lowest BCUT2D eigenvalue weighted by Gasteiger charge is -2.23. The molecule has 1 unspecified atom stereocenters. The van der Waals surface area contributed by atoms with Gasteiger partial charge in [-0.3, -0.25) is 0 Å². The van der Waals surface area contributed by atoms with E-state index in [-0.39, 0.29) is 6.04 Å². The van der Waals surface area contributed by atoms with Gasteiger partial charge in [0.2, 0.25) is 10.0 Å². The molecular weight excluding hydrogens is 258 g/mol. The Morgan fingerprint density at radius 2 is 1.84 bits per heavy atom. The first-order valence-corrected chi connectivity index (χ1v) is 8.37. The zero-order valence-corrected chi connectivity index (χ0v) is 11.7. The van der Waals surface area contributed by atoms with Crippen molar-refractivity contribution in [1.29, 1.82) is 0 Å². The largest absolute Gasteiger partial charge is 0.212 e. The van der Waals surface area contributed by atoms with Crippen LogP contribution in [-0.4, -0.2) is 25.5 Å². The summed E-state index contributed by atoms with van der Waals surface area (Å²) < 4.78 is 25.4. The van der Waals surface area contributed by atoms with E-state index in [2.05, 4.69) is 24.3 Å². The molecule has 0 radical (unpaired) electrons. The van der Waals surface area contributed by atoms with Gasteiger partial charge in [0.05, 0.1) is 12.3 Å². The topological polar surface area (TPSA) is 37.4 Å². The van der Waals surface area contributed by atoms with Crippen molar-refractivity contribution < 1.29 is 8.42 Å². The highest BCUT2D eigenvalue weighted by Gasteiger charge is 2.33. The fourth-order valence-corrected chi connectivity index (χ4v) is 4.13. The van der Waals surface area contributed by atoms with E-state index in [1.165, 1.54) is 11.6 Å². The number of nitrogens with zero attached hydrogens (tertiary/aromatic N) is 1. The molecule has 0 N–H and O–H groups in total. The van der Waals surface area contributed by atoms with Gasteiger partial charge in [-0.2, -0.15) is 4.31 Å². The Hall–Kier alpha value is -1.39. The van der Waals surface area contributed by atoms with Gasteiger partial charge in [0, 0.05) is 6.54 Å². The molecule has 1 aliphatic heterocycles. The lowest BCUT2D eigenvalue weighted by Crippen LogP contribution is -2.29. The molecule has 1 atom stereocenters. The van der Waals surface area contributed by atoms with Crippen molar-refractivity contribution >= 4 is 20.8 Å². The van der Waals surface area contributed by atoms with Crippen molar-refractivity contribution in [3.63, 3.8) is 0 Å². The van der Waals surface area contributed by atoms with Crippen LogP contribution in [0.2, 0.25) is 0 Å². The molecule has 100 valence electrons. The van der Waals surface area contributed by atoms with Gasteiger partial charge in [-0.25, -0.2) is 8.42 Å². The molecule has 3 rings (SSSR count). The second-order valence-electron chi connectivity index (χ2n) is 5.10. The summed E-state index contributed by atoms with van der Waals surface area (Å²) in [5, 5.41) is 2.32. The van der Waals surface area contributed by atoms with E-state index in [9.17, 15) is 8.42 Å². The van der Waals surface area contributed by atoms with E-state index < -0.39 is 10.0 Å². The van der Waals surface area contributed by atoms with Crippen molar-refractivity contribution in [2.24, 2.45) is 0 Å². The summed E-state index contributed by atoms with van der Waals surface area (Å²) in [4.78, 5) is 0. The molecule has 1 saturated heterocycles. The van der Waals surface area contributed by atoms with Crippen molar-refractivity contribution in [2.75, 3.05) is 12.8 Å². The molecule has 1 fully saturated rings. The average molecular weight is 275 g/mol. The fraction of sp³-hybridized carbons (Fsp3) is 0.333. The second kappa shape index (κ2) is 4.62. The monoisotopic (exact) mass is 275 g/mol. The predicted octanol–water partition coefficient (Wildman–Crippen LogP) is 2.94. The Labute approximate surface area is 113 Å². The molecule has 19 heavy (non-hydrogen) atoms. The van der Waals surface area contributed by atoms with Crippen LogP contribution in [0.4, 0.5) is 0 Å². The van der Waals surface area contributed by atoms with Crippen LogP contribution in [0, 0.1) is 0 Å². The molecule has 2 aromatic carbocycles. The average Bonchev–Trinajstić information content (AvgIpc) is 2.87. The van der Waals surface area contributed by atoms with Crippen LogP contribution in [0.3, 0.4) is 0 Å². The standard InChI is InChI=1S/C15H17NO2S/c1-19(17,18)16-11-5-10-15(16)14-9-4-7-12-6-2-3-8-13(12)14/h2-4,6-9,15H,5,10-11H2,1H3. The highest BCUT2D eigenvalue weighted by atomic mass is 32.2. The van der Waals surface area contributed by atoms with Crippen molar-refractivity contribution in [3.8, 4) is 0 Å². The number of fused-ring (bicyclic) bond motifs is 1. The quantitative estimate of drug-likeness (QED) is 0.845. The van der Waals surface area contributed by atoms with Crippen molar-refractivity contribution in [3.05, 3.63) is 48.0 Å². The predicted molar refractivity (Wildman–Crippen MR) is 77.5 cm³/mol. The highest BCUT2D eigenvalue weighted by molar-refractivity contribution is 7.88. The second-order valence-corrected chi connectivity index (χ2v) is 7.04. The highest BCUT2D eigenvalue weighted by Crippen LogP contribution is 2.37. The molecule has 1 heterocycles. The van der Waals surface area contributed by atoms with E-state index in [4.69, 9.17) is 0 Å². The lowest BCUT2D eigenvalue weighted by atomic mass is 9.98. The third kappa shape index (κ3) is 2.26. The third-order valence-corrected chi connectivity index (χ3v) is 5.10. The van der Waals surface area contributed by atoms with Gasteiger partial charge < -0.3 is 0 Å². The van der Waals surface area contributed by atoms with E-state index in [1.54, 1.807) is 4.31 Å². The maximum absolute atomic E-state index is 11.9. The molecule has 1 aliphatic rings. The van der Waals surface area contributed by atoms with Gasteiger partial charge >= 0.3 is 0 Å². The summed E-state index contributed by atoms with van der Waals surface area (Å²) in [6.45, 7) is 0.632. The van der Waals surface area contributed by atoms with E-state index >= 15 is 0 Å². The minimum Gasteiger partial charge on any atom is -0.212 e. The summed E-state index contributed by atoms with van der Waals surface area (Å²) in [6.07, 6.45) is 3.14. The molecule has 0 aromatic heterocycles. The van der Waals surface area contributed by atoms with Gasteiger partial charge in [0.25, 0.3) is 0 Å². The Kier molecular flexibility index (Phi) is 3.07. The Bertz CT molecular complexity index is 704. The van der Waals surface area contributed by atoms with Crippen LogP contribution < -0.4 is 0 Å². The number of hydrogen-bond donors (Lipinski definition) is 0. The maximum Gasteiger partial charge on any atom is 0.211 e. The van der Waals surface area contributed by atoms with E-state index in [1.807, 2.05) is 18.2 Å². The number of hydrogen-bond acceptors (Lipinski definition) is 2. The maximum atomic E-state index is 11.9. The molecule has 0 saturated carbocycles. The normalized spacial score (nSPS) is 21.0. The van der Waals surface area contributed by atoms with Gasteiger partial charge in [-0.05, 0) is 29.2 Å². The summed E-state index contributed by atoms with van der Waals surface area (Å²) in [5.74, 6) is 0. The minimum absolute atomic E-state index is 0.0129. The zero-order chi connectivity index (χ0) is 13.5. The van der Waals surface area contributed by atoms with Gasteiger partial charge in [-0.15, -0.1) is 0 Å². The van der Waals surface area contributed by atoms with Crippen LogP contribution in [0.1, 0.15) is 24.4 Å². The first kappa shape index (κ1) is 12.6. The van der Waals surface area contributed by atoms with Crippen LogP contribution in [0.25, 0.3) is 10.8 Å². The summed E-state index contributed by atoms with van der Waals surface area (Å²) in [6, 6.07) is 14.3. The smallest absolute Gasteiger partial charge is 0.211 e. The molecule has 3 nitrogen and oxygen atoms in total. The molecule has 0 bridgehead atoms. The van der Waals surface area contributed by atoms with Crippen LogP contribution in [-0.2, 0) is 10.0 Å². The lowest BCUT2D eigenvalue weighted by molar-refractivity contribution is 0.402. The molecule has 0 aliphatic carbocycles. The molecule has 0 amide bonds. The van der Waals surface area contributed by atoms with Crippen molar-refractivity contribution in [1.82, 2.24) is 4.31 Å². The van der Waals surface area contributed by atoms with Gasteiger partial charge in [0.1, 0.15) is 0 Å². The fourth-order valence-electron chi connectivity index (χ4n) is 2.99. The number of rotatable bonds is 2. The Balaban J connectivity index is 2.14. The Morgan fingerprint density at radius 1 is 1.11 bits per heavy atom. The van der Waals surface area contributed by atoms with Crippen LogP contribution in [0.15, 0.2) is 42.5 Å². The molecule has 4 heteroatoms. The summed E-state index contributed by atoms with van der Waals surface area (Å²) in [7, 11) is -3.14. The minimum atomic E-state index is -3.14. The van der Waals surface area contributed by atoms with Crippen molar-refractivity contribution in [2.45, 2.75) is 18.9 Å². The van der Waals surface area contributed by atoms with Gasteiger partial charge in [0.15, 0.2) is 0 Å². The molecular formula is C15H17NO2S. The Morgan fingerprint density at radius 3 is 2.63 bits per heavy atom. The summed E-state index contributed by atoms with van der Waals surface area (Å²) in [5.41, 5.74) is 1.13. The van der Waals surface area contributed by atoms with Crippen LogP contribution >= 0.6 is 0 Å².